The number of halogens is 1. The van der Waals surface area contributed by atoms with E-state index in [-0.39, 0.29) is 11.3 Å². The molecule has 4 rings (SSSR count). The van der Waals surface area contributed by atoms with Crippen molar-refractivity contribution in [1.29, 1.82) is 0 Å². The average molecular weight is 366 g/mol. The van der Waals surface area contributed by atoms with Crippen molar-refractivity contribution in [3.8, 4) is 5.69 Å². The Hall–Kier alpha value is -2.59. The molecular weight excluding hydrogens is 346 g/mol. The molecular formula is C21H20ClN3O. The maximum absolute atomic E-state index is 12.7. The SMILES string of the molecule is Cc1c(C(=O)NCC2(c3ccc(Cl)cc3)CC2)cnn1-c1ccccc1. The molecule has 0 atom stereocenters. The van der Waals surface area contributed by atoms with E-state index in [0.29, 0.717) is 12.1 Å². The van der Waals surface area contributed by atoms with Gasteiger partial charge < -0.3 is 5.32 Å². The van der Waals surface area contributed by atoms with Crippen molar-refractivity contribution in [2.75, 3.05) is 6.54 Å². The number of rotatable bonds is 5. The van der Waals surface area contributed by atoms with Gasteiger partial charge in [-0.25, -0.2) is 4.68 Å². The first-order valence-electron chi connectivity index (χ1n) is 8.73. The summed E-state index contributed by atoms with van der Waals surface area (Å²) in [6.07, 6.45) is 3.80. The zero-order valence-electron chi connectivity index (χ0n) is 14.6. The van der Waals surface area contributed by atoms with Crippen LogP contribution in [0.5, 0.6) is 0 Å². The van der Waals surface area contributed by atoms with Crippen LogP contribution in [0.4, 0.5) is 0 Å². The van der Waals surface area contributed by atoms with Gasteiger partial charge in [-0.05, 0) is 49.6 Å². The molecule has 132 valence electrons. The summed E-state index contributed by atoms with van der Waals surface area (Å²) in [7, 11) is 0. The molecule has 1 amide bonds. The van der Waals surface area contributed by atoms with E-state index in [2.05, 4.69) is 22.5 Å². The van der Waals surface area contributed by atoms with Crippen LogP contribution in [0.25, 0.3) is 5.69 Å². The van der Waals surface area contributed by atoms with Gasteiger partial charge in [0.15, 0.2) is 0 Å². The number of hydrogen-bond donors (Lipinski definition) is 1. The minimum absolute atomic E-state index is 0.0452. The summed E-state index contributed by atoms with van der Waals surface area (Å²) in [5.41, 5.74) is 3.68. The fourth-order valence-electron chi connectivity index (χ4n) is 3.33. The fourth-order valence-corrected chi connectivity index (χ4v) is 3.45. The Kier molecular flexibility index (Phi) is 4.29. The highest BCUT2D eigenvalue weighted by Crippen LogP contribution is 2.47. The number of nitrogens with one attached hydrogen (secondary N) is 1. The summed E-state index contributed by atoms with van der Waals surface area (Å²) in [5.74, 6) is -0.0788. The van der Waals surface area contributed by atoms with Crippen LogP contribution in [0, 0.1) is 6.92 Å². The second-order valence-corrected chi connectivity index (χ2v) is 7.30. The molecule has 1 aromatic heterocycles. The minimum Gasteiger partial charge on any atom is -0.351 e. The molecule has 0 bridgehead atoms. The number of hydrogen-bond acceptors (Lipinski definition) is 2. The number of nitrogens with zero attached hydrogens (tertiary/aromatic N) is 2. The lowest BCUT2D eigenvalue weighted by Crippen LogP contribution is -2.32. The van der Waals surface area contributed by atoms with Crippen LogP contribution in [0.15, 0.2) is 60.8 Å². The third-order valence-electron chi connectivity index (χ3n) is 5.15. The molecule has 26 heavy (non-hydrogen) atoms. The maximum atomic E-state index is 12.7. The Morgan fingerprint density at radius 2 is 1.85 bits per heavy atom. The molecule has 1 saturated carbocycles. The second kappa shape index (κ2) is 6.61. The first kappa shape index (κ1) is 16.9. The summed E-state index contributed by atoms with van der Waals surface area (Å²) in [6, 6.07) is 17.8. The molecule has 1 aliphatic rings. The minimum atomic E-state index is -0.0788. The van der Waals surface area contributed by atoms with Gasteiger partial charge >= 0.3 is 0 Å². The van der Waals surface area contributed by atoms with Crippen molar-refractivity contribution in [3.63, 3.8) is 0 Å². The van der Waals surface area contributed by atoms with Gasteiger partial charge in [-0.1, -0.05) is 41.9 Å². The Morgan fingerprint density at radius 3 is 2.50 bits per heavy atom. The van der Waals surface area contributed by atoms with Crippen LogP contribution in [-0.2, 0) is 5.41 Å². The van der Waals surface area contributed by atoms with E-state index in [0.717, 1.165) is 29.2 Å². The van der Waals surface area contributed by atoms with E-state index in [1.165, 1.54) is 5.56 Å². The summed E-state index contributed by atoms with van der Waals surface area (Å²) in [4.78, 5) is 12.7. The van der Waals surface area contributed by atoms with E-state index >= 15 is 0 Å². The van der Waals surface area contributed by atoms with Gasteiger partial charge in [0.25, 0.3) is 5.91 Å². The van der Waals surface area contributed by atoms with Gasteiger partial charge in [0, 0.05) is 17.0 Å². The molecule has 1 heterocycles. The highest BCUT2D eigenvalue weighted by atomic mass is 35.5. The number of carbonyl (C=O) groups is 1. The molecule has 0 spiro atoms. The molecule has 0 unspecified atom stereocenters. The zero-order chi connectivity index (χ0) is 18.1. The van der Waals surface area contributed by atoms with Crippen LogP contribution in [0.2, 0.25) is 5.02 Å². The van der Waals surface area contributed by atoms with Crippen LogP contribution in [-0.4, -0.2) is 22.2 Å². The van der Waals surface area contributed by atoms with E-state index in [4.69, 9.17) is 11.6 Å². The number of carbonyl (C=O) groups excluding carboxylic acids is 1. The number of aromatic nitrogens is 2. The molecule has 1 fully saturated rings. The monoisotopic (exact) mass is 365 g/mol. The van der Waals surface area contributed by atoms with Crippen molar-refractivity contribution in [3.05, 3.63) is 82.6 Å². The van der Waals surface area contributed by atoms with Gasteiger partial charge in [-0.15, -0.1) is 0 Å². The normalized spacial score (nSPS) is 14.8. The number of benzene rings is 2. The van der Waals surface area contributed by atoms with Crippen LogP contribution in [0.1, 0.15) is 34.5 Å². The van der Waals surface area contributed by atoms with E-state index in [9.17, 15) is 4.79 Å². The third-order valence-corrected chi connectivity index (χ3v) is 5.40. The van der Waals surface area contributed by atoms with Crippen LogP contribution in [0.3, 0.4) is 0 Å². The zero-order valence-corrected chi connectivity index (χ0v) is 15.3. The number of para-hydroxylation sites is 1. The molecule has 1 N–H and O–H groups in total. The topological polar surface area (TPSA) is 46.9 Å². The predicted octanol–water partition coefficient (Wildman–Crippen LogP) is 4.30. The molecule has 2 aromatic carbocycles. The molecule has 0 aliphatic heterocycles. The van der Waals surface area contributed by atoms with Crippen molar-refractivity contribution in [2.24, 2.45) is 0 Å². The van der Waals surface area contributed by atoms with Crippen molar-refractivity contribution in [2.45, 2.75) is 25.2 Å². The van der Waals surface area contributed by atoms with Gasteiger partial charge in [-0.2, -0.15) is 5.10 Å². The quantitative estimate of drug-likeness (QED) is 0.732. The standard InChI is InChI=1S/C21H20ClN3O/c1-15-19(13-24-25(15)18-5-3-2-4-6-18)20(26)23-14-21(11-12-21)16-7-9-17(22)10-8-16/h2-10,13H,11-12,14H2,1H3,(H,23,26). The molecule has 4 nitrogen and oxygen atoms in total. The smallest absolute Gasteiger partial charge is 0.254 e. The van der Waals surface area contributed by atoms with Crippen molar-refractivity contribution in [1.82, 2.24) is 15.1 Å². The summed E-state index contributed by atoms with van der Waals surface area (Å²) in [5, 5.41) is 8.21. The first-order valence-corrected chi connectivity index (χ1v) is 9.11. The Balaban J connectivity index is 1.48. The maximum Gasteiger partial charge on any atom is 0.254 e. The molecule has 3 aromatic rings. The van der Waals surface area contributed by atoms with Gasteiger partial charge in [0.1, 0.15) is 0 Å². The lowest BCUT2D eigenvalue weighted by molar-refractivity contribution is 0.0949. The lowest BCUT2D eigenvalue weighted by atomic mass is 9.96. The highest BCUT2D eigenvalue weighted by Gasteiger charge is 2.44. The predicted molar refractivity (Wildman–Crippen MR) is 103 cm³/mol. The fraction of sp³-hybridized carbons (Fsp3) is 0.238. The van der Waals surface area contributed by atoms with Gasteiger partial charge in [0.2, 0.25) is 0 Å². The lowest BCUT2D eigenvalue weighted by Gasteiger charge is -2.16. The van der Waals surface area contributed by atoms with Crippen LogP contribution >= 0.6 is 11.6 Å². The van der Waals surface area contributed by atoms with E-state index in [1.54, 1.807) is 10.9 Å². The first-order chi connectivity index (χ1) is 12.6. The molecule has 5 heteroatoms. The Labute approximate surface area is 157 Å². The largest absolute Gasteiger partial charge is 0.351 e. The molecule has 1 aliphatic carbocycles. The van der Waals surface area contributed by atoms with Crippen LogP contribution < -0.4 is 5.32 Å². The summed E-state index contributed by atoms with van der Waals surface area (Å²) < 4.78 is 1.79. The molecule has 0 radical (unpaired) electrons. The summed E-state index contributed by atoms with van der Waals surface area (Å²) >= 11 is 5.98. The Bertz CT molecular complexity index is 928. The average Bonchev–Trinajstić information content (AvgIpc) is 3.36. The second-order valence-electron chi connectivity index (χ2n) is 6.86. The summed E-state index contributed by atoms with van der Waals surface area (Å²) in [6.45, 7) is 2.55. The Morgan fingerprint density at radius 1 is 1.15 bits per heavy atom. The van der Waals surface area contributed by atoms with Crippen molar-refractivity contribution < 1.29 is 4.79 Å². The van der Waals surface area contributed by atoms with Gasteiger partial charge in [-0.3, -0.25) is 4.79 Å². The van der Waals surface area contributed by atoms with Gasteiger partial charge in [0.05, 0.1) is 23.1 Å². The highest BCUT2D eigenvalue weighted by molar-refractivity contribution is 6.30. The van der Waals surface area contributed by atoms with E-state index in [1.807, 2.05) is 49.4 Å². The molecule has 0 saturated heterocycles. The number of amides is 1. The van der Waals surface area contributed by atoms with Crippen molar-refractivity contribution >= 4 is 17.5 Å². The third kappa shape index (κ3) is 3.13. The van der Waals surface area contributed by atoms with E-state index < -0.39 is 0 Å².